The summed E-state index contributed by atoms with van der Waals surface area (Å²) in [6, 6.07) is 6.08. The quantitative estimate of drug-likeness (QED) is 0.262. The van der Waals surface area contributed by atoms with Crippen molar-refractivity contribution in [3.8, 4) is 11.5 Å². The molecule has 1 atom stereocenters. The molecular weight excluding hydrogens is 507 g/mol. The van der Waals surface area contributed by atoms with Crippen molar-refractivity contribution in [3.63, 3.8) is 0 Å². The molecule has 1 fully saturated rings. The predicted molar refractivity (Wildman–Crippen MR) is 143 cm³/mol. The molecule has 13 heteroatoms. The fourth-order valence-electron chi connectivity index (χ4n) is 4.90. The number of fused-ring (bicyclic) bond motifs is 1. The van der Waals surface area contributed by atoms with Crippen LogP contribution in [0.3, 0.4) is 0 Å². The number of ether oxygens (including phenoxy) is 2. The van der Waals surface area contributed by atoms with Crippen LogP contribution in [0.15, 0.2) is 30.3 Å². The summed E-state index contributed by atoms with van der Waals surface area (Å²) in [4.78, 5) is 50.7. The van der Waals surface area contributed by atoms with E-state index in [-0.39, 0.29) is 58.1 Å². The first-order valence-electron chi connectivity index (χ1n) is 12.7. The molecule has 1 heterocycles. The maximum Gasteiger partial charge on any atom is 0.488 e. The number of benzene rings is 2. The van der Waals surface area contributed by atoms with E-state index in [1.54, 1.807) is 0 Å². The minimum atomic E-state index is -1.92. The summed E-state index contributed by atoms with van der Waals surface area (Å²) >= 11 is 0. The summed E-state index contributed by atoms with van der Waals surface area (Å²) in [5.74, 6) is -1.39. The number of carbonyl (C=O) groups excluding carboxylic acids is 4. The number of nitrogens with one attached hydrogen (secondary N) is 4. The third-order valence-corrected chi connectivity index (χ3v) is 6.87. The van der Waals surface area contributed by atoms with Crippen molar-refractivity contribution in [2.24, 2.45) is 5.92 Å². The summed E-state index contributed by atoms with van der Waals surface area (Å²) in [7, 11) is 0.985. The number of hydrogen-bond acceptors (Lipinski definition) is 8. The number of likely N-dealkylation sites (N-methyl/N-ethyl adjacent to an activating group) is 1. The van der Waals surface area contributed by atoms with Gasteiger partial charge in [0, 0.05) is 23.9 Å². The van der Waals surface area contributed by atoms with Crippen molar-refractivity contribution in [2.45, 2.75) is 38.1 Å². The molecule has 1 saturated carbocycles. The van der Waals surface area contributed by atoms with Crippen molar-refractivity contribution in [1.82, 2.24) is 10.6 Å². The van der Waals surface area contributed by atoms with Crippen LogP contribution in [0.2, 0.25) is 0 Å². The molecule has 2 aromatic rings. The first-order valence-corrected chi connectivity index (χ1v) is 12.7. The van der Waals surface area contributed by atoms with E-state index in [4.69, 9.17) is 9.47 Å². The molecule has 4 amide bonds. The van der Waals surface area contributed by atoms with Crippen LogP contribution in [-0.4, -0.2) is 67.6 Å². The monoisotopic (exact) mass is 538 g/mol. The molecular formula is C26H31BN4O8. The lowest BCUT2D eigenvalue weighted by Gasteiger charge is -2.29. The van der Waals surface area contributed by atoms with Gasteiger partial charge in [-0.3, -0.25) is 19.2 Å². The zero-order valence-corrected chi connectivity index (χ0v) is 21.7. The van der Waals surface area contributed by atoms with Crippen LogP contribution in [0.4, 0.5) is 11.4 Å². The number of anilines is 2. The second-order valence-corrected chi connectivity index (χ2v) is 9.53. The zero-order valence-electron chi connectivity index (χ0n) is 21.7. The van der Waals surface area contributed by atoms with Gasteiger partial charge in [0.25, 0.3) is 17.7 Å². The van der Waals surface area contributed by atoms with Crippen LogP contribution in [0.5, 0.6) is 11.5 Å². The van der Waals surface area contributed by atoms with Gasteiger partial charge in [-0.05, 0) is 54.6 Å². The van der Waals surface area contributed by atoms with Crippen LogP contribution in [-0.2, 0) is 9.59 Å². The molecule has 0 unspecified atom stereocenters. The largest absolute Gasteiger partial charge is 0.493 e. The van der Waals surface area contributed by atoms with Crippen molar-refractivity contribution in [3.05, 3.63) is 41.5 Å². The maximum atomic E-state index is 13.2. The highest BCUT2D eigenvalue weighted by molar-refractivity contribution is 6.58. The van der Waals surface area contributed by atoms with Gasteiger partial charge in [0.2, 0.25) is 5.91 Å². The lowest BCUT2D eigenvalue weighted by Crippen LogP contribution is -2.50. The molecule has 6 N–H and O–H groups in total. The third kappa shape index (κ3) is 6.49. The zero-order chi connectivity index (χ0) is 28.1. The Morgan fingerprint density at radius 3 is 2.44 bits per heavy atom. The Kier molecular flexibility index (Phi) is 8.72. The standard InChI is InChI=1S/C26H31BN4O8/c1-28-26(35)22(14-6-4-3-5-7-14)31-25(34)15-8-17(27(36)37)12-18(9-15)29-24(33)16-10-19-23(20(11-16)38-2)39-13-21(32)30-19/h8-12,14,22,36-37H,3-7,13H2,1-2H3,(H,28,35)(H,29,33)(H,30,32)(H,31,34)/t22-/m0/s1. The van der Waals surface area contributed by atoms with Gasteiger partial charge in [-0.15, -0.1) is 0 Å². The Labute approximate surface area is 225 Å². The van der Waals surface area contributed by atoms with Crippen LogP contribution in [0.25, 0.3) is 0 Å². The second kappa shape index (κ2) is 12.2. The highest BCUT2D eigenvalue weighted by atomic mass is 16.5. The van der Waals surface area contributed by atoms with Crippen molar-refractivity contribution in [1.29, 1.82) is 0 Å². The van der Waals surface area contributed by atoms with Gasteiger partial charge in [-0.2, -0.15) is 0 Å². The van der Waals surface area contributed by atoms with Gasteiger partial charge in [-0.25, -0.2) is 0 Å². The fourth-order valence-corrected chi connectivity index (χ4v) is 4.90. The van der Waals surface area contributed by atoms with Gasteiger partial charge in [-0.1, -0.05) is 19.3 Å². The average Bonchev–Trinajstić information content (AvgIpc) is 2.94. The Morgan fingerprint density at radius 2 is 1.77 bits per heavy atom. The van der Waals surface area contributed by atoms with Crippen LogP contribution in [0.1, 0.15) is 52.8 Å². The van der Waals surface area contributed by atoms with Crippen molar-refractivity contribution >= 4 is 47.6 Å². The maximum absolute atomic E-state index is 13.2. The van der Waals surface area contributed by atoms with Gasteiger partial charge < -0.3 is 40.8 Å². The minimum Gasteiger partial charge on any atom is -0.493 e. The lowest BCUT2D eigenvalue weighted by molar-refractivity contribution is -0.124. The minimum absolute atomic E-state index is 0.0168. The smallest absolute Gasteiger partial charge is 0.488 e. The molecule has 1 aliphatic carbocycles. The molecule has 0 bridgehead atoms. The molecule has 12 nitrogen and oxygen atoms in total. The third-order valence-electron chi connectivity index (χ3n) is 6.87. The van der Waals surface area contributed by atoms with Gasteiger partial charge in [0.1, 0.15) is 6.04 Å². The highest BCUT2D eigenvalue weighted by Crippen LogP contribution is 2.38. The molecule has 1 aliphatic heterocycles. The number of amides is 4. The van der Waals surface area contributed by atoms with Crippen LogP contribution >= 0.6 is 0 Å². The van der Waals surface area contributed by atoms with E-state index >= 15 is 0 Å². The van der Waals surface area contributed by atoms with E-state index in [9.17, 15) is 29.2 Å². The number of carbonyl (C=O) groups is 4. The first kappa shape index (κ1) is 27.9. The van der Waals surface area contributed by atoms with E-state index in [0.29, 0.717) is 5.75 Å². The van der Waals surface area contributed by atoms with Gasteiger partial charge >= 0.3 is 7.12 Å². The molecule has 0 spiro atoms. The Balaban J connectivity index is 1.59. The van der Waals surface area contributed by atoms with E-state index in [2.05, 4.69) is 21.3 Å². The Morgan fingerprint density at radius 1 is 1.05 bits per heavy atom. The second-order valence-electron chi connectivity index (χ2n) is 9.53. The number of methoxy groups -OCH3 is 1. The summed E-state index contributed by atoms with van der Waals surface area (Å²) in [6.45, 7) is -0.183. The summed E-state index contributed by atoms with van der Waals surface area (Å²) in [6.07, 6.45) is 4.65. The predicted octanol–water partition coefficient (Wildman–Crippen LogP) is 0.383. The molecule has 206 valence electrons. The van der Waals surface area contributed by atoms with Gasteiger partial charge in [0.05, 0.1) is 12.8 Å². The molecule has 4 rings (SSSR count). The number of rotatable bonds is 8. The summed E-state index contributed by atoms with van der Waals surface area (Å²) in [5.41, 5.74) is 0.495. The topological polar surface area (TPSA) is 175 Å². The Hall–Kier alpha value is -4.10. The fraction of sp³-hybridized carbons (Fsp3) is 0.385. The van der Waals surface area contributed by atoms with E-state index < -0.39 is 25.0 Å². The lowest BCUT2D eigenvalue weighted by atomic mass is 9.79. The Bertz CT molecular complexity index is 1280. The molecule has 2 aliphatic rings. The van der Waals surface area contributed by atoms with Crippen LogP contribution in [0, 0.1) is 5.92 Å². The average molecular weight is 538 g/mol. The van der Waals surface area contributed by atoms with Gasteiger partial charge in [0.15, 0.2) is 18.1 Å². The van der Waals surface area contributed by atoms with E-state index in [1.165, 1.54) is 44.5 Å². The van der Waals surface area contributed by atoms with Crippen molar-refractivity contribution in [2.75, 3.05) is 31.4 Å². The van der Waals surface area contributed by atoms with Crippen molar-refractivity contribution < 1.29 is 38.7 Å². The molecule has 0 radical (unpaired) electrons. The first-order chi connectivity index (χ1) is 18.7. The molecule has 2 aromatic carbocycles. The van der Waals surface area contributed by atoms with Crippen LogP contribution < -0.4 is 36.2 Å². The molecule has 0 saturated heterocycles. The molecule has 39 heavy (non-hydrogen) atoms. The van der Waals surface area contributed by atoms with E-state index in [1.807, 2.05) is 0 Å². The van der Waals surface area contributed by atoms with E-state index in [0.717, 1.165) is 32.1 Å². The molecule has 0 aromatic heterocycles. The highest BCUT2D eigenvalue weighted by Gasteiger charge is 2.31. The number of hydrogen-bond donors (Lipinski definition) is 6. The normalized spacial score (nSPS) is 15.6. The summed E-state index contributed by atoms with van der Waals surface area (Å²) in [5, 5.41) is 30.3. The SMILES string of the molecule is CNC(=O)[C@@H](NC(=O)c1cc(NC(=O)c2cc3c(c(OC)c2)OCC(=O)N3)cc(B(O)O)c1)C1CCCCC1. The summed E-state index contributed by atoms with van der Waals surface area (Å²) < 4.78 is 10.7.